The molecule has 0 aliphatic carbocycles. The molecule has 0 spiro atoms. The van der Waals surface area contributed by atoms with Crippen LogP contribution in [0.4, 0.5) is 0 Å². The second kappa shape index (κ2) is 6.61. The number of thiophene rings is 2. The number of hydrogen-bond donors (Lipinski definition) is 0. The van der Waals surface area contributed by atoms with Gasteiger partial charge in [0.25, 0.3) is 5.56 Å². The van der Waals surface area contributed by atoms with E-state index >= 15 is 0 Å². The fraction of sp³-hybridized carbons (Fsp3) is 0.0500. The van der Waals surface area contributed by atoms with Crippen LogP contribution in [0.3, 0.4) is 0 Å². The lowest BCUT2D eigenvalue weighted by Crippen LogP contribution is -2.21. The van der Waals surface area contributed by atoms with E-state index < -0.39 is 0 Å². The summed E-state index contributed by atoms with van der Waals surface area (Å²) in [7, 11) is 0. The first-order valence-electron chi connectivity index (χ1n) is 8.31. The Morgan fingerprint density at radius 3 is 2.78 bits per heavy atom. The molecule has 4 aromatic heterocycles. The Bertz CT molecular complexity index is 1270. The highest BCUT2D eigenvalue weighted by atomic mass is 32.1. The van der Waals surface area contributed by atoms with Crippen LogP contribution in [0, 0.1) is 0 Å². The minimum atomic E-state index is -0.0687. The van der Waals surface area contributed by atoms with Gasteiger partial charge in [-0.1, -0.05) is 41.6 Å². The standard InChI is InChI=1S/C20H13N3O2S2/c24-20-18-15(13-5-2-1-3-6-13)11-27-19(18)21-12-23(20)10-14-9-16(25-22-14)17-7-4-8-26-17/h1-9,11-12H,10H2. The molecule has 0 aliphatic rings. The molecule has 0 unspecified atom stereocenters. The Morgan fingerprint density at radius 1 is 1.07 bits per heavy atom. The first-order valence-corrected chi connectivity index (χ1v) is 10.1. The molecule has 7 heteroatoms. The molecule has 132 valence electrons. The zero-order chi connectivity index (χ0) is 18.2. The Morgan fingerprint density at radius 2 is 1.96 bits per heavy atom. The van der Waals surface area contributed by atoms with Gasteiger partial charge in [0.2, 0.25) is 0 Å². The van der Waals surface area contributed by atoms with Gasteiger partial charge in [-0.25, -0.2) is 4.98 Å². The fourth-order valence-corrected chi connectivity index (χ4v) is 4.59. The maximum Gasteiger partial charge on any atom is 0.263 e. The second-order valence-electron chi connectivity index (χ2n) is 6.03. The van der Waals surface area contributed by atoms with E-state index in [4.69, 9.17) is 4.52 Å². The van der Waals surface area contributed by atoms with Crippen LogP contribution in [-0.2, 0) is 6.54 Å². The summed E-state index contributed by atoms with van der Waals surface area (Å²) in [6.45, 7) is 0.320. The smallest absolute Gasteiger partial charge is 0.263 e. The van der Waals surface area contributed by atoms with Crippen LogP contribution in [0.5, 0.6) is 0 Å². The highest BCUT2D eigenvalue weighted by Crippen LogP contribution is 2.30. The molecule has 4 heterocycles. The molecule has 1 aromatic carbocycles. The van der Waals surface area contributed by atoms with Crippen molar-refractivity contribution < 1.29 is 4.52 Å². The molecule has 0 atom stereocenters. The predicted octanol–water partition coefficient (Wildman–Crippen LogP) is 4.89. The summed E-state index contributed by atoms with van der Waals surface area (Å²) >= 11 is 3.07. The highest BCUT2D eigenvalue weighted by Gasteiger charge is 2.15. The van der Waals surface area contributed by atoms with E-state index in [0.29, 0.717) is 23.4 Å². The molecule has 0 fully saturated rings. The quantitative estimate of drug-likeness (QED) is 0.438. The zero-order valence-electron chi connectivity index (χ0n) is 14.0. The van der Waals surface area contributed by atoms with Gasteiger partial charge in [0.1, 0.15) is 10.5 Å². The zero-order valence-corrected chi connectivity index (χ0v) is 15.7. The number of benzene rings is 1. The lowest BCUT2D eigenvalue weighted by Gasteiger charge is -2.04. The number of rotatable bonds is 4. The van der Waals surface area contributed by atoms with Crippen molar-refractivity contribution in [1.29, 1.82) is 0 Å². The first-order chi connectivity index (χ1) is 13.3. The second-order valence-corrected chi connectivity index (χ2v) is 7.84. The van der Waals surface area contributed by atoms with E-state index in [1.165, 1.54) is 11.3 Å². The summed E-state index contributed by atoms with van der Waals surface area (Å²) in [5.41, 5.74) is 2.56. The van der Waals surface area contributed by atoms with E-state index in [0.717, 1.165) is 20.8 Å². The summed E-state index contributed by atoms with van der Waals surface area (Å²) < 4.78 is 6.99. The molecule has 5 rings (SSSR count). The van der Waals surface area contributed by atoms with Gasteiger partial charge < -0.3 is 4.52 Å². The predicted molar refractivity (Wildman–Crippen MR) is 108 cm³/mol. The Hall–Kier alpha value is -3.03. The van der Waals surface area contributed by atoms with Crippen LogP contribution in [0.15, 0.2) is 74.9 Å². The molecule has 27 heavy (non-hydrogen) atoms. The number of fused-ring (bicyclic) bond motifs is 1. The van der Waals surface area contributed by atoms with Gasteiger partial charge in [-0.3, -0.25) is 9.36 Å². The minimum absolute atomic E-state index is 0.0687. The average Bonchev–Trinajstić information content (AvgIpc) is 3.45. The van der Waals surface area contributed by atoms with Crippen molar-refractivity contribution >= 4 is 32.9 Å². The van der Waals surface area contributed by atoms with Crippen molar-refractivity contribution in [3.05, 3.63) is 81.7 Å². The summed E-state index contributed by atoms with van der Waals surface area (Å²) in [6, 6.07) is 15.7. The number of hydrogen-bond acceptors (Lipinski definition) is 6. The van der Waals surface area contributed by atoms with Gasteiger partial charge in [0.15, 0.2) is 5.76 Å². The number of aromatic nitrogens is 3. The van der Waals surface area contributed by atoms with Crippen molar-refractivity contribution in [2.45, 2.75) is 6.54 Å². The molecule has 0 aliphatic heterocycles. The van der Waals surface area contributed by atoms with Crippen molar-refractivity contribution in [1.82, 2.24) is 14.7 Å². The summed E-state index contributed by atoms with van der Waals surface area (Å²) in [4.78, 5) is 19.3. The van der Waals surface area contributed by atoms with Crippen molar-refractivity contribution in [3.63, 3.8) is 0 Å². The maximum absolute atomic E-state index is 13.1. The van der Waals surface area contributed by atoms with Crippen LogP contribution in [-0.4, -0.2) is 14.7 Å². The normalized spacial score (nSPS) is 11.3. The monoisotopic (exact) mass is 391 g/mol. The average molecular weight is 391 g/mol. The topological polar surface area (TPSA) is 60.9 Å². The summed E-state index contributed by atoms with van der Waals surface area (Å²) in [5.74, 6) is 0.711. The van der Waals surface area contributed by atoms with E-state index in [-0.39, 0.29) is 5.56 Å². The van der Waals surface area contributed by atoms with E-state index in [1.807, 2.05) is 59.3 Å². The van der Waals surface area contributed by atoms with Gasteiger partial charge >= 0.3 is 0 Å². The van der Waals surface area contributed by atoms with Crippen LogP contribution < -0.4 is 5.56 Å². The molecular weight excluding hydrogens is 378 g/mol. The molecule has 5 nitrogen and oxygen atoms in total. The number of nitrogens with zero attached hydrogens (tertiary/aromatic N) is 3. The maximum atomic E-state index is 13.1. The molecule has 0 amide bonds. The van der Waals surface area contributed by atoms with Crippen LogP contribution in [0.1, 0.15) is 5.69 Å². The third-order valence-corrected chi connectivity index (χ3v) is 6.07. The fourth-order valence-electron chi connectivity index (χ4n) is 3.01. The SMILES string of the molecule is O=c1c2c(-c3ccccc3)csc2ncn1Cc1cc(-c2cccs2)on1. The van der Waals surface area contributed by atoms with Crippen molar-refractivity contribution in [2.75, 3.05) is 0 Å². The van der Waals surface area contributed by atoms with Gasteiger partial charge in [-0.15, -0.1) is 22.7 Å². The van der Waals surface area contributed by atoms with Crippen LogP contribution in [0.25, 0.3) is 32.0 Å². The van der Waals surface area contributed by atoms with Crippen molar-refractivity contribution in [3.8, 4) is 21.8 Å². The molecule has 5 aromatic rings. The minimum Gasteiger partial charge on any atom is -0.355 e. The van der Waals surface area contributed by atoms with Gasteiger partial charge in [-0.05, 0) is 17.0 Å². The molecule has 0 bridgehead atoms. The Kier molecular flexibility index (Phi) is 3.95. The summed E-state index contributed by atoms with van der Waals surface area (Å²) in [6.07, 6.45) is 1.58. The van der Waals surface area contributed by atoms with Crippen molar-refractivity contribution in [2.24, 2.45) is 0 Å². The molecule has 0 N–H and O–H groups in total. The third kappa shape index (κ3) is 2.90. The highest BCUT2D eigenvalue weighted by molar-refractivity contribution is 7.17. The van der Waals surface area contributed by atoms with E-state index in [1.54, 1.807) is 22.2 Å². The van der Waals surface area contributed by atoms with Gasteiger partial charge in [0, 0.05) is 17.0 Å². The molecule has 0 radical (unpaired) electrons. The largest absolute Gasteiger partial charge is 0.355 e. The first kappa shape index (κ1) is 16.2. The van der Waals surface area contributed by atoms with Crippen LogP contribution in [0.2, 0.25) is 0 Å². The van der Waals surface area contributed by atoms with Gasteiger partial charge in [0.05, 0.1) is 23.1 Å². The summed E-state index contributed by atoms with van der Waals surface area (Å²) in [5, 5.41) is 8.73. The Labute approximate surface area is 162 Å². The lowest BCUT2D eigenvalue weighted by molar-refractivity contribution is 0.421. The van der Waals surface area contributed by atoms with E-state index in [9.17, 15) is 4.79 Å². The molecular formula is C20H13N3O2S2. The van der Waals surface area contributed by atoms with Crippen LogP contribution >= 0.6 is 22.7 Å². The van der Waals surface area contributed by atoms with Gasteiger partial charge in [-0.2, -0.15) is 0 Å². The lowest BCUT2D eigenvalue weighted by atomic mass is 10.1. The molecule has 0 saturated heterocycles. The third-order valence-electron chi connectivity index (χ3n) is 4.30. The molecule has 0 saturated carbocycles. The Balaban J connectivity index is 1.55. The van der Waals surface area contributed by atoms with E-state index in [2.05, 4.69) is 10.1 Å².